The van der Waals surface area contributed by atoms with Crippen molar-refractivity contribution in [2.45, 2.75) is 52.3 Å². The number of anilines is 1. The van der Waals surface area contributed by atoms with Gasteiger partial charge in [-0.05, 0) is 51.8 Å². The Kier molecular flexibility index (Phi) is 8.87. The predicted molar refractivity (Wildman–Crippen MR) is 131 cm³/mol. The Morgan fingerprint density at radius 1 is 1.09 bits per heavy atom. The van der Waals surface area contributed by atoms with Crippen molar-refractivity contribution in [3.63, 3.8) is 0 Å². The van der Waals surface area contributed by atoms with Crippen LogP contribution in [0, 0.1) is 26.3 Å². The lowest BCUT2D eigenvalue weighted by Crippen LogP contribution is -2.52. The minimum atomic E-state index is -1.50. The van der Waals surface area contributed by atoms with E-state index in [2.05, 4.69) is 16.7 Å². The minimum Gasteiger partial charge on any atom is -0.507 e. The highest BCUT2D eigenvalue weighted by Gasteiger charge is 2.37. The van der Waals surface area contributed by atoms with Crippen molar-refractivity contribution in [3.05, 3.63) is 59.2 Å². The fraction of sp³-hybridized carbons (Fsp3) is 0.346. The summed E-state index contributed by atoms with van der Waals surface area (Å²) in [6.07, 6.45) is 4.71. The third kappa shape index (κ3) is 6.98. The maximum atomic E-state index is 13.5. The normalized spacial score (nSPS) is 12.6. The van der Waals surface area contributed by atoms with Crippen molar-refractivity contribution in [1.82, 2.24) is 10.2 Å². The van der Waals surface area contributed by atoms with Gasteiger partial charge in [-0.15, -0.1) is 0 Å². The monoisotopic (exact) mass is 481 g/mol. The molecule has 0 aliphatic heterocycles. The van der Waals surface area contributed by atoms with E-state index < -0.39 is 42.2 Å². The zero-order valence-electron chi connectivity index (χ0n) is 20.5. The van der Waals surface area contributed by atoms with Gasteiger partial charge in [0.05, 0.1) is 6.61 Å². The quantitative estimate of drug-likeness (QED) is 0.356. The van der Waals surface area contributed by atoms with Gasteiger partial charge < -0.3 is 25.6 Å². The number of benzene rings is 2. The van der Waals surface area contributed by atoms with E-state index in [0.717, 1.165) is 10.5 Å². The smallest absolute Gasteiger partial charge is 0.408 e. The lowest BCUT2D eigenvalue weighted by Gasteiger charge is -2.30. The zero-order chi connectivity index (χ0) is 26.3. The van der Waals surface area contributed by atoms with Gasteiger partial charge in [0.15, 0.2) is 6.04 Å². The molecule has 2 aromatic carbocycles. The number of terminal acetylenes is 1. The molecule has 2 aromatic rings. The van der Waals surface area contributed by atoms with E-state index in [1.807, 2.05) is 0 Å². The van der Waals surface area contributed by atoms with Gasteiger partial charge in [-0.2, -0.15) is 0 Å². The SMILES string of the molecule is C#CN(C(=O)C(CO)NC(=O)OC(C)(C)C)C(C(=O)Nc1ccccc1C)c1cccc(C)c1O. The lowest BCUT2D eigenvalue weighted by molar-refractivity contribution is -0.137. The van der Waals surface area contributed by atoms with Crippen molar-refractivity contribution < 1.29 is 29.3 Å². The number of para-hydroxylation sites is 2. The number of alkyl carbamates (subject to hydrolysis) is 1. The summed E-state index contributed by atoms with van der Waals surface area (Å²) in [6, 6.07) is 10.9. The summed E-state index contributed by atoms with van der Waals surface area (Å²) in [4.78, 5) is 39.7. The number of carbonyl (C=O) groups is 3. The maximum Gasteiger partial charge on any atom is 0.408 e. The molecule has 0 saturated carbocycles. The molecule has 0 aliphatic carbocycles. The van der Waals surface area contributed by atoms with Crippen LogP contribution in [0.2, 0.25) is 0 Å². The van der Waals surface area contributed by atoms with E-state index >= 15 is 0 Å². The molecule has 2 rings (SSSR count). The topological polar surface area (TPSA) is 128 Å². The molecule has 0 saturated heterocycles. The van der Waals surface area contributed by atoms with E-state index in [-0.39, 0.29) is 11.3 Å². The minimum absolute atomic E-state index is 0.0799. The number of hydrogen-bond donors (Lipinski definition) is 4. The number of aliphatic hydroxyl groups is 1. The number of carbonyl (C=O) groups excluding carboxylic acids is 3. The first-order valence-corrected chi connectivity index (χ1v) is 10.9. The molecular weight excluding hydrogens is 450 g/mol. The number of aryl methyl sites for hydroxylation is 2. The van der Waals surface area contributed by atoms with Gasteiger partial charge in [-0.3, -0.25) is 14.5 Å². The summed E-state index contributed by atoms with van der Waals surface area (Å²) < 4.78 is 5.15. The van der Waals surface area contributed by atoms with E-state index in [1.54, 1.807) is 71.0 Å². The molecule has 0 radical (unpaired) electrons. The van der Waals surface area contributed by atoms with Gasteiger partial charge in [0, 0.05) is 17.3 Å². The second kappa shape index (κ2) is 11.4. The van der Waals surface area contributed by atoms with Crippen LogP contribution in [0.4, 0.5) is 10.5 Å². The number of aliphatic hydroxyl groups excluding tert-OH is 1. The number of phenolic OH excluding ortho intramolecular Hbond substituents is 1. The van der Waals surface area contributed by atoms with Crippen LogP contribution in [0.1, 0.15) is 43.5 Å². The average Bonchev–Trinajstić information content (AvgIpc) is 2.78. The third-order valence-electron chi connectivity index (χ3n) is 5.02. The molecule has 186 valence electrons. The molecule has 0 fully saturated rings. The van der Waals surface area contributed by atoms with Crippen LogP contribution < -0.4 is 10.6 Å². The number of nitrogens with zero attached hydrogens (tertiary/aromatic N) is 1. The summed E-state index contributed by atoms with van der Waals surface area (Å²) >= 11 is 0. The summed E-state index contributed by atoms with van der Waals surface area (Å²) in [5.74, 6) is -1.85. The van der Waals surface area contributed by atoms with Crippen molar-refractivity contribution in [2.24, 2.45) is 0 Å². The zero-order valence-corrected chi connectivity index (χ0v) is 20.5. The number of amides is 3. The summed E-state index contributed by atoms with van der Waals surface area (Å²) in [5, 5.41) is 25.5. The molecule has 9 nitrogen and oxygen atoms in total. The van der Waals surface area contributed by atoms with Crippen LogP contribution in [-0.2, 0) is 14.3 Å². The molecule has 0 aromatic heterocycles. The molecule has 3 amide bonds. The van der Waals surface area contributed by atoms with Gasteiger partial charge >= 0.3 is 6.09 Å². The Morgan fingerprint density at radius 2 is 1.71 bits per heavy atom. The molecule has 2 atom stereocenters. The van der Waals surface area contributed by atoms with Crippen molar-refractivity contribution in [1.29, 1.82) is 0 Å². The van der Waals surface area contributed by atoms with Gasteiger partial charge in [0.25, 0.3) is 11.8 Å². The number of rotatable bonds is 7. The summed E-state index contributed by atoms with van der Waals surface area (Å²) in [5.41, 5.74) is 0.959. The van der Waals surface area contributed by atoms with Gasteiger partial charge in [0.2, 0.25) is 0 Å². The number of aromatic hydroxyl groups is 1. The lowest BCUT2D eigenvalue weighted by atomic mass is 9.99. The fourth-order valence-corrected chi connectivity index (χ4v) is 3.28. The maximum absolute atomic E-state index is 13.5. The largest absolute Gasteiger partial charge is 0.507 e. The predicted octanol–water partition coefficient (Wildman–Crippen LogP) is 2.99. The molecule has 35 heavy (non-hydrogen) atoms. The first-order valence-electron chi connectivity index (χ1n) is 10.9. The van der Waals surface area contributed by atoms with Crippen molar-refractivity contribution in [2.75, 3.05) is 11.9 Å². The van der Waals surface area contributed by atoms with Crippen LogP contribution in [-0.4, -0.2) is 51.3 Å². The Balaban J connectivity index is 2.48. The van der Waals surface area contributed by atoms with E-state index in [1.165, 1.54) is 6.07 Å². The van der Waals surface area contributed by atoms with Gasteiger partial charge in [-0.1, -0.05) is 42.8 Å². The third-order valence-corrected chi connectivity index (χ3v) is 5.02. The van der Waals surface area contributed by atoms with Gasteiger partial charge in [-0.25, -0.2) is 4.79 Å². The second-order valence-corrected chi connectivity index (χ2v) is 8.94. The second-order valence-electron chi connectivity index (χ2n) is 8.94. The Hall–Kier alpha value is -4.03. The number of ether oxygens (including phenoxy) is 1. The van der Waals surface area contributed by atoms with E-state index in [9.17, 15) is 24.6 Å². The number of hydrogen-bond acceptors (Lipinski definition) is 6. The van der Waals surface area contributed by atoms with E-state index in [0.29, 0.717) is 11.3 Å². The molecular formula is C26H31N3O6. The molecule has 0 spiro atoms. The van der Waals surface area contributed by atoms with Crippen LogP contribution in [0.5, 0.6) is 5.75 Å². The van der Waals surface area contributed by atoms with Crippen LogP contribution in [0.15, 0.2) is 42.5 Å². The van der Waals surface area contributed by atoms with Crippen molar-refractivity contribution >= 4 is 23.6 Å². The molecule has 9 heteroatoms. The number of phenols is 1. The highest BCUT2D eigenvalue weighted by molar-refractivity contribution is 6.00. The van der Waals surface area contributed by atoms with E-state index in [4.69, 9.17) is 11.2 Å². The first kappa shape index (κ1) is 27.2. The molecule has 2 unspecified atom stereocenters. The molecule has 0 bridgehead atoms. The fourth-order valence-electron chi connectivity index (χ4n) is 3.28. The summed E-state index contributed by atoms with van der Waals surface area (Å²) in [7, 11) is 0. The Labute approximate surface area is 205 Å². The Bertz CT molecular complexity index is 1130. The number of nitrogens with one attached hydrogen (secondary N) is 2. The molecule has 0 aliphatic rings. The molecule has 0 heterocycles. The van der Waals surface area contributed by atoms with Crippen LogP contribution in [0.25, 0.3) is 0 Å². The van der Waals surface area contributed by atoms with Crippen LogP contribution in [0.3, 0.4) is 0 Å². The highest BCUT2D eigenvalue weighted by Crippen LogP contribution is 2.33. The van der Waals surface area contributed by atoms with Gasteiger partial charge in [0.1, 0.15) is 17.4 Å². The average molecular weight is 482 g/mol. The molecule has 4 N–H and O–H groups in total. The van der Waals surface area contributed by atoms with Crippen molar-refractivity contribution in [3.8, 4) is 18.2 Å². The standard InChI is InChI=1S/C26H31N3O6/c1-7-29(24(33)20(15-30)28-25(34)35-26(4,5)6)21(18-13-10-12-17(3)22(18)31)23(32)27-19-14-9-8-11-16(19)2/h1,8-14,20-21,30-31H,15H2,2-6H3,(H,27,32)(H,28,34). The van der Waals surface area contributed by atoms with Crippen LogP contribution >= 0.6 is 0 Å². The highest BCUT2D eigenvalue weighted by atomic mass is 16.6. The first-order chi connectivity index (χ1) is 16.4. The summed E-state index contributed by atoms with van der Waals surface area (Å²) in [6.45, 7) is 7.55. The Morgan fingerprint density at radius 3 is 2.29 bits per heavy atom.